The summed E-state index contributed by atoms with van der Waals surface area (Å²) in [5.41, 5.74) is 0.474. The zero-order valence-electron chi connectivity index (χ0n) is 11.7. The van der Waals surface area contributed by atoms with E-state index in [9.17, 15) is 0 Å². The first-order valence-corrected chi connectivity index (χ1v) is 7.41. The summed E-state index contributed by atoms with van der Waals surface area (Å²) in [6.07, 6.45) is 3.56. The van der Waals surface area contributed by atoms with E-state index in [4.69, 9.17) is 9.47 Å². The minimum Gasteiger partial charge on any atom is -0.372 e. The van der Waals surface area contributed by atoms with E-state index in [-0.39, 0.29) is 0 Å². The van der Waals surface area contributed by atoms with E-state index in [1.807, 2.05) is 0 Å². The molecule has 0 aromatic heterocycles. The van der Waals surface area contributed by atoms with Crippen LogP contribution in [0.4, 0.5) is 0 Å². The highest BCUT2D eigenvalue weighted by Crippen LogP contribution is 2.33. The molecule has 0 saturated carbocycles. The lowest BCUT2D eigenvalue weighted by Gasteiger charge is -2.47. The molecule has 0 N–H and O–H groups in total. The van der Waals surface area contributed by atoms with Crippen molar-refractivity contribution >= 4 is 0 Å². The van der Waals surface area contributed by atoms with Crippen molar-refractivity contribution in [1.29, 1.82) is 0 Å². The van der Waals surface area contributed by atoms with Crippen molar-refractivity contribution in [3.05, 3.63) is 0 Å². The Kier molecular flexibility index (Phi) is 3.63. The van der Waals surface area contributed by atoms with E-state index in [1.165, 1.54) is 25.9 Å². The second-order valence-corrected chi connectivity index (χ2v) is 6.28. The van der Waals surface area contributed by atoms with Gasteiger partial charge in [-0.1, -0.05) is 13.8 Å². The summed E-state index contributed by atoms with van der Waals surface area (Å²) in [4.78, 5) is 5.19. The smallest absolute Gasteiger partial charge is 0.0936 e. The van der Waals surface area contributed by atoms with Crippen LogP contribution in [-0.4, -0.2) is 68.1 Å². The molecule has 3 saturated heterocycles. The average molecular weight is 254 g/mol. The van der Waals surface area contributed by atoms with Crippen LogP contribution in [0, 0.1) is 5.41 Å². The lowest BCUT2D eigenvalue weighted by Crippen LogP contribution is -2.56. The molecule has 0 radical (unpaired) electrons. The summed E-state index contributed by atoms with van der Waals surface area (Å²) in [5.74, 6) is 0. The molecule has 2 unspecified atom stereocenters. The maximum absolute atomic E-state index is 5.39. The van der Waals surface area contributed by atoms with Gasteiger partial charge in [-0.15, -0.1) is 0 Å². The summed E-state index contributed by atoms with van der Waals surface area (Å²) in [7, 11) is 0. The molecule has 4 heteroatoms. The minimum atomic E-state index is 0.474. The maximum atomic E-state index is 5.39. The van der Waals surface area contributed by atoms with Crippen LogP contribution in [0.2, 0.25) is 0 Å². The van der Waals surface area contributed by atoms with Crippen LogP contribution >= 0.6 is 0 Å². The molecule has 3 heterocycles. The Bertz CT molecular complexity index is 262. The number of rotatable bonds is 6. The normalized spacial score (nSPS) is 35.7. The monoisotopic (exact) mass is 254 g/mol. The summed E-state index contributed by atoms with van der Waals surface area (Å²) in [6, 6.07) is 0. The van der Waals surface area contributed by atoms with E-state index in [2.05, 4.69) is 23.6 Å². The highest BCUT2D eigenvalue weighted by molar-refractivity contribution is 4.91. The van der Waals surface area contributed by atoms with Gasteiger partial charge in [0.15, 0.2) is 0 Å². The molecule has 104 valence electrons. The second-order valence-electron chi connectivity index (χ2n) is 6.28. The van der Waals surface area contributed by atoms with Gasteiger partial charge >= 0.3 is 0 Å². The molecule has 0 aromatic rings. The molecular formula is C14H26N2O2. The van der Waals surface area contributed by atoms with Gasteiger partial charge < -0.3 is 9.47 Å². The van der Waals surface area contributed by atoms with Crippen molar-refractivity contribution in [1.82, 2.24) is 9.80 Å². The zero-order chi connectivity index (χ0) is 12.6. The van der Waals surface area contributed by atoms with Crippen molar-refractivity contribution in [2.75, 3.05) is 46.1 Å². The van der Waals surface area contributed by atoms with E-state index in [0.29, 0.717) is 17.6 Å². The van der Waals surface area contributed by atoms with Crippen LogP contribution in [0.1, 0.15) is 26.7 Å². The van der Waals surface area contributed by atoms with Crippen LogP contribution in [0.25, 0.3) is 0 Å². The minimum absolute atomic E-state index is 0.474. The van der Waals surface area contributed by atoms with Gasteiger partial charge in [-0.2, -0.15) is 0 Å². The molecule has 0 aliphatic carbocycles. The molecule has 2 atom stereocenters. The largest absolute Gasteiger partial charge is 0.372 e. The fourth-order valence-electron chi connectivity index (χ4n) is 3.25. The fraction of sp³-hybridized carbons (Fsp3) is 1.00. The van der Waals surface area contributed by atoms with E-state index in [1.54, 1.807) is 0 Å². The standard InChI is InChI=1S/C14H26N2O2/c1-3-14(4-2)9-15(5-12-7-17-12)11-16(10-14)6-13-8-18-13/h12-13H,3-11H2,1-2H3. The Morgan fingerprint density at radius 3 is 1.72 bits per heavy atom. The number of hydrogen-bond acceptors (Lipinski definition) is 4. The van der Waals surface area contributed by atoms with Crippen LogP contribution < -0.4 is 0 Å². The second kappa shape index (κ2) is 5.08. The number of epoxide rings is 2. The number of nitrogens with zero attached hydrogens (tertiary/aromatic N) is 2. The molecular weight excluding hydrogens is 228 g/mol. The molecule has 3 rings (SSSR count). The molecule has 0 amide bonds. The summed E-state index contributed by atoms with van der Waals surface area (Å²) in [6.45, 7) is 12.4. The van der Waals surface area contributed by atoms with Crippen molar-refractivity contribution in [3.8, 4) is 0 Å². The van der Waals surface area contributed by atoms with Gasteiger partial charge in [0.1, 0.15) is 0 Å². The summed E-state index contributed by atoms with van der Waals surface area (Å²) < 4.78 is 10.8. The molecule has 0 bridgehead atoms. The van der Waals surface area contributed by atoms with Gasteiger partial charge in [0.05, 0.1) is 32.1 Å². The molecule has 0 spiro atoms. The molecule has 18 heavy (non-hydrogen) atoms. The van der Waals surface area contributed by atoms with Gasteiger partial charge in [-0.3, -0.25) is 9.80 Å². The summed E-state index contributed by atoms with van der Waals surface area (Å²) >= 11 is 0. The van der Waals surface area contributed by atoms with E-state index >= 15 is 0 Å². The molecule has 0 aromatic carbocycles. The highest BCUT2D eigenvalue weighted by Gasteiger charge is 2.39. The topological polar surface area (TPSA) is 31.5 Å². The van der Waals surface area contributed by atoms with Gasteiger partial charge in [0.25, 0.3) is 0 Å². The van der Waals surface area contributed by atoms with E-state index in [0.717, 1.165) is 33.0 Å². The lowest BCUT2D eigenvalue weighted by atomic mass is 9.80. The Morgan fingerprint density at radius 2 is 1.39 bits per heavy atom. The van der Waals surface area contributed by atoms with Crippen molar-refractivity contribution in [2.45, 2.75) is 38.9 Å². The Balaban J connectivity index is 1.62. The Labute approximate surface area is 110 Å². The van der Waals surface area contributed by atoms with Gasteiger partial charge in [-0.05, 0) is 18.3 Å². The third kappa shape index (κ3) is 3.05. The number of hydrogen-bond donors (Lipinski definition) is 0. The summed E-state index contributed by atoms with van der Waals surface area (Å²) in [5, 5.41) is 0. The van der Waals surface area contributed by atoms with Crippen LogP contribution in [0.3, 0.4) is 0 Å². The first-order valence-electron chi connectivity index (χ1n) is 7.41. The number of ether oxygens (including phenoxy) is 2. The first-order chi connectivity index (χ1) is 8.73. The zero-order valence-corrected chi connectivity index (χ0v) is 11.7. The predicted molar refractivity (Wildman–Crippen MR) is 70.5 cm³/mol. The van der Waals surface area contributed by atoms with Gasteiger partial charge in [0.2, 0.25) is 0 Å². The SMILES string of the molecule is CCC1(CC)CN(CC2CO2)CN(CC2CO2)C1. The van der Waals surface area contributed by atoms with Crippen LogP contribution in [-0.2, 0) is 9.47 Å². The first kappa shape index (κ1) is 12.9. The quantitative estimate of drug-likeness (QED) is 0.666. The average Bonchev–Trinajstić information content (AvgIpc) is 3.25. The third-order valence-corrected chi connectivity index (χ3v) is 4.75. The van der Waals surface area contributed by atoms with Crippen LogP contribution in [0.15, 0.2) is 0 Å². The van der Waals surface area contributed by atoms with Crippen LogP contribution in [0.5, 0.6) is 0 Å². The van der Waals surface area contributed by atoms with Crippen molar-refractivity contribution in [3.63, 3.8) is 0 Å². The maximum Gasteiger partial charge on any atom is 0.0936 e. The third-order valence-electron chi connectivity index (χ3n) is 4.75. The highest BCUT2D eigenvalue weighted by atomic mass is 16.6. The molecule has 4 nitrogen and oxygen atoms in total. The predicted octanol–water partition coefficient (Wildman–Crippen LogP) is 1.17. The Morgan fingerprint density at radius 1 is 0.944 bits per heavy atom. The molecule has 3 fully saturated rings. The Hall–Kier alpha value is -0.160. The van der Waals surface area contributed by atoms with Crippen molar-refractivity contribution < 1.29 is 9.47 Å². The molecule has 3 aliphatic rings. The lowest BCUT2D eigenvalue weighted by molar-refractivity contribution is -0.0186. The van der Waals surface area contributed by atoms with Crippen molar-refractivity contribution in [2.24, 2.45) is 5.41 Å². The fourth-order valence-corrected chi connectivity index (χ4v) is 3.25. The van der Waals surface area contributed by atoms with Gasteiger partial charge in [-0.25, -0.2) is 0 Å². The molecule has 3 aliphatic heterocycles. The van der Waals surface area contributed by atoms with E-state index < -0.39 is 0 Å². The van der Waals surface area contributed by atoms with Gasteiger partial charge in [0, 0.05) is 26.2 Å².